The first-order valence-corrected chi connectivity index (χ1v) is 6.87. The molecule has 0 atom stereocenters. The fourth-order valence-corrected chi connectivity index (χ4v) is 2.47. The van der Waals surface area contributed by atoms with E-state index in [0.717, 1.165) is 26.8 Å². The van der Waals surface area contributed by atoms with Gasteiger partial charge >= 0.3 is 0 Å². The van der Waals surface area contributed by atoms with Crippen LogP contribution in [0.1, 0.15) is 0 Å². The number of rotatable bonds is 3. The van der Waals surface area contributed by atoms with Gasteiger partial charge in [0.05, 0.1) is 25.3 Å². The summed E-state index contributed by atoms with van der Waals surface area (Å²) in [6.07, 6.45) is 1.79. The van der Waals surface area contributed by atoms with Crippen LogP contribution >= 0.6 is 15.9 Å². The molecule has 0 saturated heterocycles. The summed E-state index contributed by atoms with van der Waals surface area (Å²) in [6, 6.07) is 9.85. The van der Waals surface area contributed by atoms with Crippen LogP contribution in [0.3, 0.4) is 0 Å². The Bertz CT molecular complexity index is 768. The molecule has 5 heteroatoms. The van der Waals surface area contributed by atoms with Crippen LogP contribution in [-0.2, 0) is 0 Å². The predicted octanol–water partition coefficient (Wildman–Crippen LogP) is 4.01. The summed E-state index contributed by atoms with van der Waals surface area (Å²) in [6.45, 7) is 0. The van der Waals surface area contributed by atoms with Crippen molar-refractivity contribution in [1.82, 2.24) is 9.97 Å². The average Bonchev–Trinajstić information content (AvgIpc) is 2.89. The number of fused-ring (bicyclic) bond motifs is 1. The number of halogens is 1. The van der Waals surface area contributed by atoms with E-state index in [2.05, 4.69) is 25.9 Å². The second-order valence-corrected chi connectivity index (χ2v) is 5.25. The highest BCUT2D eigenvalue weighted by molar-refractivity contribution is 9.10. The predicted molar refractivity (Wildman–Crippen MR) is 82.3 cm³/mol. The van der Waals surface area contributed by atoms with Crippen molar-refractivity contribution in [3.63, 3.8) is 0 Å². The maximum atomic E-state index is 5.33. The largest absolute Gasteiger partial charge is 0.493 e. The fraction of sp³-hybridized carbons (Fsp3) is 0.133. The summed E-state index contributed by atoms with van der Waals surface area (Å²) in [5, 5.41) is 0. The molecular formula is C15H13BrN2O2. The molecule has 0 aliphatic heterocycles. The molecule has 0 amide bonds. The van der Waals surface area contributed by atoms with Gasteiger partial charge in [-0.1, -0.05) is 0 Å². The highest BCUT2D eigenvalue weighted by Gasteiger charge is 2.09. The van der Waals surface area contributed by atoms with Gasteiger partial charge in [-0.25, -0.2) is 0 Å². The van der Waals surface area contributed by atoms with Gasteiger partial charge in [0.2, 0.25) is 0 Å². The number of nitrogens with zero attached hydrogens (tertiary/aromatic N) is 1. The molecule has 4 nitrogen and oxygen atoms in total. The SMILES string of the molecule is COc1ccc(-c2cc3ncc(Br)cc3[nH]2)cc1OC. The third-order valence-electron chi connectivity index (χ3n) is 3.13. The normalized spacial score (nSPS) is 10.8. The summed E-state index contributed by atoms with van der Waals surface area (Å²) in [7, 11) is 3.26. The van der Waals surface area contributed by atoms with Crippen LogP contribution in [0.15, 0.2) is 41.0 Å². The molecule has 0 saturated carbocycles. The lowest BCUT2D eigenvalue weighted by molar-refractivity contribution is 0.355. The summed E-state index contributed by atoms with van der Waals surface area (Å²) >= 11 is 3.42. The van der Waals surface area contributed by atoms with E-state index in [4.69, 9.17) is 9.47 Å². The zero-order chi connectivity index (χ0) is 14.1. The zero-order valence-electron chi connectivity index (χ0n) is 11.1. The van der Waals surface area contributed by atoms with Gasteiger partial charge in [-0.05, 0) is 46.3 Å². The fourth-order valence-electron chi connectivity index (χ4n) is 2.14. The van der Waals surface area contributed by atoms with Crippen molar-refractivity contribution in [2.45, 2.75) is 0 Å². The highest BCUT2D eigenvalue weighted by atomic mass is 79.9. The van der Waals surface area contributed by atoms with Crippen LogP contribution in [0.4, 0.5) is 0 Å². The lowest BCUT2D eigenvalue weighted by atomic mass is 10.1. The first-order chi connectivity index (χ1) is 9.71. The van der Waals surface area contributed by atoms with Gasteiger partial charge < -0.3 is 14.5 Å². The lowest BCUT2D eigenvalue weighted by Crippen LogP contribution is -1.90. The van der Waals surface area contributed by atoms with Crippen LogP contribution in [0.2, 0.25) is 0 Å². The average molecular weight is 333 g/mol. The van der Waals surface area contributed by atoms with Crippen LogP contribution < -0.4 is 9.47 Å². The molecule has 2 aromatic heterocycles. The van der Waals surface area contributed by atoms with E-state index in [1.54, 1.807) is 20.4 Å². The molecule has 0 bridgehead atoms. The molecule has 1 N–H and O–H groups in total. The smallest absolute Gasteiger partial charge is 0.161 e. The van der Waals surface area contributed by atoms with Crippen molar-refractivity contribution < 1.29 is 9.47 Å². The number of aromatic nitrogens is 2. The van der Waals surface area contributed by atoms with Crippen LogP contribution in [0, 0.1) is 0 Å². The lowest BCUT2D eigenvalue weighted by Gasteiger charge is -2.08. The van der Waals surface area contributed by atoms with Crippen molar-refractivity contribution in [1.29, 1.82) is 0 Å². The molecular weight excluding hydrogens is 320 g/mol. The third-order valence-corrected chi connectivity index (χ3v) is 3.56. The summed E-state index contributed by atoms with van der Waals surface area (Å²) in [4.78, 5) is 7.72. The monoisotopic (exact) mass is 332 g/mol. The van der Waals surface area contributed by atoms with Crippen LogP contribution in [0.25, 0.3) is 22.3 Å². The molecule has 0 fully saturated rings. The summed E-state index contributed by atoms with van der Waals surface area (Å²) < 4.78 is 11.5. The molecule has 0 aliphatic carbocycles. The number of hydrogen-bond donors (Lipinski definition) is 1. The van der Waals surface area contributed by atoms with Crippen molar-refractivity contribution in [3.8, 4) is 22.8 Å². The highest BCUT2D eigenvalue weighted by Crippen LogP contribution is 2.33. The number of H-pyrrole nitrogens is 1. The third kappa shape index (κ3) is 2.25. The Balaban J connectivity index is 2.10. The molecule has 0 aliphatic rings. The number of hydrogen-bond acceptors (Lipinski definition) is 3. The molecule has 0 spiro atoms. The van der Waals surface area contributed by atoms with Gasteiger partial charge in [0.15, 0.2) is 11.5 Å². The van der Waals surface area contributed by atoms with Crippen LogP contribution in [0.5, 0.6) is 11.5 Å². The molecule has 2 heterocycles. The van der Waals surface area contributed by atoms with Gasteiger partial charge in [0.25, 0.3) is 0 Å². The number of ether oxygens (including phenoxy) is 2. The summed E-state index contributed by atoms with van der Waals surface area (Å²) in [5.74, 6) is 1.42. The van der Waals surface area contributed by atoms with Crippen molar-refractivity contribution in [2.24, 2.45) is 0 Å². The number of pyridine rings is 1. The Morgan fingerprint density at radius 3 is 2.60 bits per heavy atom. The van der Waals surface area contributed by atoms with E-state index in [0.29, 0.717) is 11.5 Å². The minimum atomic E-state index is 0.706. The molecule has 3 aromatic rings. The Hall–Kier alpha value is -2.01. The second kappa shape index (κ2) is 5.17. The van der Waals surface area contributed by atoms with Gasteiger partial charge in [-0.3, -0.25) is 4.98 Å². The Morgan fingerprint density at radius 1 is 1.05 bits per heavy atom. The minimum absolute atomic E-state index is 0.706. The van der Waals surface area contributed by atoms with Gasteiger partial charge in [-0.2, -0.15) is 0 Å². The van der Waals surface area contributed by atoms with Crippen molar-refractivity contribution in [3.05, 3.63) is 41.0 Å². The van der Waals surface area contributed by atoms with E-state index in [-0.39, 0.29) is 0 Å². The van der Waals surface area contributed by atoms with Crippen molar-refractivity contribution >= 4 is 27.0 Å². The first-order valence-electron chi connectivity index (χ1n) is 6.08. The number of nitrogens with one attached hydrogen (secondary N) is 1. The van der Waals surface area contributed by atoms with E-state index >= 15 is 0 Å². The van der Waals surface area contributed by atoms with Crippen LogP contribution in [-0.4, -0.2) is 24.2 Å². The Labute approximate surface area is 124 Å². The molecule has 0 radical (unpaired) electrons. The second-order valence-electron chi connectivity index (χ2n) is 4.34. The summed E-state index contributed by atoms with van der Waals surface area (Å²) in [5.41, 5.74) is 3.94. The van der Waals surface area contributed by atoms with Gasteiger partial charge in [0, 0.05) is 21.9 Å². The molecule has 0 unspecified atom stereocenters. The molecule has 102 valence electrons. The minimum Gasteiger partial charge on any atom is -0.493 e. The standard InChI is InChI=1S/C15H13BrN2O2/c1-19-14-4-3-9(5-15(14)20-2)11-7-12-13(18-11)6-10(16)8-17-12/h3-8,18H,1-2H3. The molecule has 3 rings (SSSR count). The quantitative estimate of drug-likeness (QED) is 0.788. The van der Waals surface area contributed by atoms with E-state index in [9.17, 15) is 0 Å². The molecule has 1 aromatic carbocycles. The molecule has 20 heavy (non-hydrogen) atoms. The first kappa shape index (κ1) is 13.0. The number of benzene rings is 1. The number of aromatic amines is 1. The topological polar surface area (TPSA) is 47.1 Å². The van der Waals surface area contributed by atoms with E-state index < -0.39 is 0 Å². The van der Waals surface area contributed by atoms with E-state index in [1.807, 2.05) is 30.3 Å². The maximum Gasteiger partial charge on any atom is 0.161 e. The zero-order valence-corrected chi connectivity index (χ0v) is 12.7. The van der Waals surface area contributed by atoms with Gasteiger partial charge in [-0.15, -0.1) is 0 Å². The van der Waals surface area contributed by atoms with Gasteiger partial charge in [0.1, 0.15) is 0 Å². The Morgan fingerprint density at radius 2 is 1.85 bits per heavy atom. The van der Waals surface area contributed by atoms with E-state index in [1.165, 1.54) is 0 Å². The number of methoxy groups -OCH3 is 2. The Kier molecular flexibility index (Phi) is 3.36. The maximum absolute atomic E-state index is 5.33. The van der Waals surface area contributed by atoms with Crippen molar-refractivity contribution in [2.75, 3.05) is 14.2 Å².